The molecule has 4 rings (SSSR count). The van der Waals surface area contributed by atoms with Gasteiger partial charge in [0.05, 0.1) is 23.1 Å². The van der Waals surface area contributed by atoms with Gasteiger partial charge >= 0.3 is 0 Å². The second-order valence-electron chi connectivity index (χ2n) is 7.28. The maximum absolute atomic E-state index is 13.3. The van der Waals surface area contributed by atoms with Crippen LogP contribution < -0.4 is 15.6 Å². The molecule has 11 heteroatoms. The number of H-pyrrole nitrogens is 1. The lowest BCUT2D eigenvalue weighted by atomic mass is 10.2. The predicted molar refractivity (Wildman–Crippen MR) is 126 cm³/mol. The monoisotopic (exact) mass is 489 g/mol. The van der Waals surface area contributed by atoms with Gasteiger partial charge in [-0.2, -0.15) is 0 Å². The number of ether oxygens (including phenoxy) is 1. The average Bonchev–Trinajstić information content (AvgIpc) is 3.27. The third-order valence-electron chi connectivity index (χ3n) is 4.87. The second-order valence-corrected chi connectivity index (χ2v) is 8.55. The first-order valence-corrected chi connectivity index (χ1v) is 11.5. The minimum atomic E-state index is -0.547. The Kier molecular flexibility index (Phi) is 7.17. The Balaban J connectivity index is 1.62. The molecule has 172 valence electrons. The number of halogens is 2. The zero-order chi connectivity index (χ0) is 23.4. The smallest absolute Gasteiger partial charge is 0.258 e. The van der Waals surface area contributed by atoms with Crippen LogP contribution in [-0.4, -0.2) is 37.7 Å². The normalized spacial score (nSPS) is 12.1. The zero-order valence-electron chi connectivity index (χ0n) is 17.6. The van der Waals surface area contributed by atoms with Crippen molar-refractivity contribution in [3.8, 4) is 17.1 Å². The summed E-state index contributed by atoms with van der Waals surface area (Å²) in [7, 11) is 0. The van der Waals surface area contributed by atoms with Gasteiger partial charge in [-0.05, 0) is 24.6 Å². The molecule has 1 unspecified atom stereocenters. The Morgan fingerprint density at radius 3 is 2.94 bits per heavy atom. The van der Waals surface area contributed by atoms with E-state index in [0.717, 1.165) is 12.8 Å². The Morgan fingerprint density at radius 2 is 2.18 bits per heavy atom. The highest BCUT2D eigenvalue weighted by molar-refractivity contribution is 7.14. The van der Waals surface area contributed by atoms with Crippen LogP contribution in [0.15, 0.2) is 40.6 Å². The van der Waals surface area contributed by atoms with Gasteiger partial charge in [0.15, 0.2) is 5.13 Å². The SMILES string of the molecule is CCCC(CO)Nc1nc(-c2nccc3c(=O)[nH]c(COc4ccc(F)c(Cl)c4)nc23)cs1. The number of nitrogens with one attached hydrogen (secondary N) is 2. The van der Waals surface area contributed by atoms with Gasteiger partial charge < -0.3 is 20.1 Å². The molecule has 0 fully saturated rings. The summed E-state index contributed by atoms with van der Waals surface area (Å²) >= 11 is 7.17. The number of rotatable bonds is 9. The third-order valence-corrected chi connectivity index (χ3v) is 5.94. The summed E-state index contributed by atoms with van der Waals surface area (Å²) in [5, 5.41) is 15.5. The largest absolute Gasteiger partial charge is 0.486 e. The first kappa shape index (κ1) is 23.1. The van der Waals surface area contributed by atoms with Crippen LogP contribution in [0.25, 0.3) is 22.3 Å². The first-order chi connectivity index (χ1) is 16.0. The van der Waals surface area contributed by atoms with Crippen LogP contribution in [0.3, 0.4) is 0 Å². The molecule has 0 amide bonds. The maximum Gasteiger partial charge on any atom is 0.258 e. The van der Waals surface area contributed by atoms with Crippen molar-refractivity contribution in [1.82, 2.24) is 19.9 Å². The van der Waals surface area contributed by atoms with Gasteiger partial charge in [-0.1, -0.05) is 24.9 Å². The van der Waals surface area contributed by atoms with Crippen molar-refractivity contribution in [3.05, 3.63) is 62.9 Å². The molecule has 1 aromatic carbocycles. The van der Waals surface area contributed by atoms with Gasteiger partial charge in [0.25, 0.3) is 5.56 Å². The summed E-state index contributed by atoms with van der Waals surface area (Å²) in [6.07, 6.45) is 3.28. The van der Waals surface area contributed by atoms with Crippen LogP contribution in [0.2, 0.25) is 5.02 Å². The number of aliphatic hydroxyl groups excluding tert-OH is 1. The number of fused-ring (bicyclic) bond motifs is 1. The average molecular weight is 490 g/mol. The van der Waals surface area contributed by atoms with E-state index in [1.54, 1.807) is 6.07 Å². The Hall–Kier alpha value is -3.08. The Morgan fingerprint density at radius 1 is 1.33 bits per heavy atom. The van der Waals surface area contributed by atoms with Crippen LogP contribution in [0, 0.1) is 5.82 Å². The van der Waals surface area contributed by atoms with Crippen LogP contribution in [-0.2, 0) is 6.61 Å². The van der Waals surface area contributed by atoms with E-state index in [2.05, 4.69) is 25.3 Å². The van der Waals surface area contributed by atoms with E-state index < -0.39 is 5.82 Å². The van der Waals surface area contributed by atoms with Crippen molar-refractivity contribution in [3.63, 3.8) is 0 Å². The van der Waals surface area contributed by atoms with Crippen molar-refractivity contribution in [2.45, 2.75) is 32.4 Å². The first-order valence-electron chi connectivity index (χ1n) is 10.3. The molecule has 0 aliphatic carbocycles. The lowest BCUT2D eigenvalue weighted by Crippen LogP contribution is -2.23. The molecule has 0 radical (unpaired) electrons. The number of anilines is 1. The third kappa shape index (κ3) is 5.29. The molecule has 0 spiro atoms. The number of aromatic amines is 1. The van der Waals surface area contributed by atoms with Gasteiger partial charge in [-0.25, -0.2) is 14.4 Å². The van der Waals surface area contributed by atoms with Gasteiger partial charge in [-0.15, -0.1) is 11.3 Å². The molecular formula is C22H21ClFN5O3S. The van der Waals surface area contributed by atoms with Gasteiger partial charge in [0.1, 0.15) is 40.9 Å². The highest BCUT2D eigenvalue weighted by atomic mass is 35.5. The van der Waals surface area contributed by atoms with Crippen molar-refractivity contribution < 1.29 is 14.2 Å². The fourth-order valence-corrected chi connectivity index (χ4v) is 4.21. The van der Waals surface area contributed by atoms with E-state index in [1.807, 2.05) is 12.3 Å². The second kappa shape index (κ2) is 10.2. The molecule has 0 aliphatic rings. The van der Waals surface area contributed by atoms with Crippen LogP contribution >= 0.6 is 22.9 Å². The molecule has 8 nitrogen and oxygen atoms in total. The topological polar surface area (TPSA) is 113 Å². The molecule has 4 aromatic rings. The summed E-state index contributed by atoms with van der Waals surface area (Å²) in [6, 6.07) is 5.50. The quantitative estimate of drug-likeness (QED) is 0.319. The summed E-state index contributed by atoms with van der Waals surface area (Å²) in [5.41, 5.74) is 1.08. The molecule has 3 N–H and O–H groups in total. The molecule has 0 bridgehead atoms. The van der Waals surface area contributed by atoms with E-state index in [4.69, 9.17) is 16.3 Å². The summed E-state index contributed by atoms with van der Waals surface area (Å²) in [4.78, 5) is 28.8. The fraction of sp³-hybridized carbons (Fsp3) is 0.273. The van der Waals surface area contributed by atoms with Crippen molar-refractivity contribution in [2.24, 2.45) is 0 Å². The lowest BCUT2D eigenvalue weighted by molar-refractivity contribution is 0.268. The molecule has 33 heavy (non-hydrogen) atoms. The van der Waals surface area contributed by atoms with Gasteiger partial charge in [0, 0.05) is 17.6 Å². The molecule has 0 aliphatic heterocycles. The maximum atomic E-state index is 13.3. The van der Waals surface area contributed by atoms with Gasteiger partial charge in [-0.3, -0.25) is 9.78 Å². The van der Waals surface area contributed by atoms with Crippen molar-refractivity contribution >= 4 is 39.0 Å². The van der Waals surface area contributed by atoms with Crippen molar-refractivity contribution in [2.75, 3.05) is 11.9 Å². The van der Waals surface area contributed by atoms with Crippen LogP contribution in [0.4, 0.5) is 9.52 Å². The standard InChI is InChI=1S/C22H21ClFN5O3S/c1-2-3-12(9-30)26-22-27-17(11-33-22)20-19-14(6-7-25-20)21(31)29-18(28-19)10-32-13-4-5-16(24)15(23)8-13/h4-8,11-12,30H,2-3,9-10H2,1H3,(H,26,27)(H,28,29,31). The number of aromatic nitrogens is 4. The van der Waals surface area contributed by atoms with E-state index in [1.165, 1.54) is 35.7 Å². The molecule has 0 saturated heterocycles. The van der Waals surface area contributed by atoms with Gasteiger partial charge in [0.2, 0.25) is 0 Å². The number of pyridine rings is 1. The fourth-order valence-electron chi connectivity index (χ4n) is 3.27. The molecular weight excluding hydrogens is 469 g/mol. The molecule has 1 atom stereocenters. The van der Waals surface area contributed by atoms with Crippen LogP contribution in [0.1, 0.15) is 25.6 Å². The summed E-state index contributed by atoms with van der Waals surface area (Å²) in [6.45, 7) is 2.00. The molecule has 0 saturated carbocycles. The van der Waals surface area contributed by atoms with E-state index in [9.17, 15) is 14.3 Å². The van der Waals surface area contributed by atoms with E-state index in [-0.39, 0.29) is 35.7 Å². The lowest BCUT2D eigenvalue weighted by Gasteiger charge is -2.13. The van der Waals surface area contributed by atoms with E-state index in [0.29, 0.717) is 33.2 Å². The molecule has 3 aromatic heterocycles. The highest BCUT2D eigenvalue weighted by Gasteiger charge is 2.16. The zero-order valence-corrected chi connectivity index (χ0v) is 19.2. The minimum Gasteiger partial charge on any atom is -0.486 e. The van der Waals surface area contributed by atoms with E-state index >= 15 is 0 Å². The number of nitrogens with zero attached hydrogens (tertiary/aromatic N) is 3. The summed E-state index contributed by atoms with van der Waals surface area (Å²) in [5.74, 6) is 0.0736. The highest BCUT2D eigenvalue weighted by Crippen LogP contribution is 2.28. The van der Waals surface area contributed by atoms with Crippen molar-refractivity contribution in [1.29, 1.82) is 0 Å². The number of benzene rings is 1. The number of hydrogen-bond donors (Lipinski definition) is 3. The van der Waals surface area contributed by atoms with Crippen LogP contribution in [0.5, 0.6) is 5.75 Å². The molecule has 3 heterocycles. The summed E-state index contributed by atoms with van der Waals surface area (Å²) < 4.78 is 19.0. The Bertz CT molecular complexity index is 1330. The predicted octanol–water partition coefficient (Wildman–Crippen LogP) is 4.39. The minimum absolute atomic E-state index is 0.00876. The number of thiazole rings is 1. The number of hydrogen-bond acceptors (Lipinski definition) is 8. The Labute approximate surface area is 197 Å². The number of aliphatic hydroxyl groups is 1.